The molecule has 0 radical (unpaired) electrons. The average molecular weight is 430 g/mol. The van der Waals surface area contributed by atoms with E-state index in [0.717, 1.165) is 28.5 Å². The number of amides is 2. The number of aliphatic hydroxyl groups is 1. The SMILES string of the molecule is O=C(Cc1cccc2ccccc12)N[C@@H](CO)C(=O)NCc1ccc(C(F)(F)F)cc1. The van der Waals surface area contributed by atoms with Gasteiger partial charge in [-0.25, -0.2) is 0 Å². The van der Waals surface area contributed by atoms with E-state index < -0.39 is 36.2 Å². The molecule has 31 heavy (non-hydrogen) atoms. The van der Waals surface area contributed by atoms with Crippen LogP contribution in [-0.4, -0.2) is 29.6 Å². The number of aliphatic hydroxyl groups excluding tert-OH is 1. The molecule has 3 N–H and O–H groups in total. The molecule has 0 aromatic heterocycles. The molecule has 8 heteroatoms. The third-order valence-electron chi connectivity index (χ3n) is 4.81. The van der Waals surface area contributed by atoms with Crippen LogP contribution in [0.25, 0.3) is 10.8 Å². The standard InChI is InChI=1S/C23H21F3N2O3/c24-23(25,26)18-10-8-15(9-11-18)13-27-22(31)20(14-29)28-21(30)12-17-6-3-5-16-4-1-2-7-19(16)17/h1-11,20,29H,12-14H2,(H,27,31)(H,28,30)/t20-/m0/s1. The van der Waals surface area contributed by atoms with Crippen LogP contribution in [0.4, 0.5) is 13.2 Å². The Morgan fingerprint density at radius 1 is 0.935 bits per heavy atom. The highest BCUT2D eigenvalue weighted by Gasteiger charge is 2.30. The summed E-state index contributed by atoms with van der Waals surface area (Å²) in [4.78, 5) is 24.7. The van der Waals surface area contributed by atoms with Gasteiger partial charge in [0.1, 0.15) is 6.04 Å². The maximum Gasteiger partial charge on any atom is 0.416 e. The van der Waals surface area contributed by atoms with E-state index in [9.17, 15) is 27.9 Å². The van der Waals surface area contributed by atoms with Crippen molar-refractivity contribution in [2.45, 2.75) is 25.2 Å². The normalized spacial score (nSPS) is 12.4. The Morgan fingerprint density at radius 3 is 2.29 bits per heavy atom. The quantitative estimate of drug-likeness (QED) is 0.539. The van der Waals surface area contributed by atoms with E-state index in [1.807, 2.05) is 42.5 Å². The number of hydrogen-bond donors (Lipinski definition) is 3. The third kappa shape index (κ3) is 5.82. The number of rotatable bonds is 7. The van der Waals surface area contributed by atoms with Gasteiger partial charge in [0, 0.05) is 6.54 Å². The van der Waals surface area contributed by atoms with Gasteiger partial charge in [-0.05, 0) is 34.0 Å². The summed E-state index contributed by atoms with van der Waals surface area (Å²) in [6.45, 7) is -0.646. The highest BCUT2D eigenvalue weighted by molar-refractivity contribution is 5.92. The van der Waals surface area contributed by atoms with Crippen molar-refractivity contribution in [1.29, 1.82) is 0 Å². The molecular formula is C23H21F3N2O3. The number of hydrogen-bond acceptors (Lipinski definition) is 3. The first-order valence-electron chi connectivity index (χ1n) is 9.58. The van der Waals surface area contributed by atoms with Gasteiger partial charge in [0.25, 0.3) is 0 Å². The van der Waals surface area contributed by atoms with Gasteiger partial charge in [0.05, 0.1) is 18.6 Å². The lowest BCUT2D eigenvalue weighted by atomic mass is 10.0. The summed E-state index contributed by atoms with van der Waals surface area (Å²) in [5.74, 6) is -1.06. The van der Waals surface area contributed by atoms with Gasteiger partial charge < -0.3 is 15.7 Å². The van der Waals surface area contributed by atoms with Crippen LogP contribution in [0.15, 0.2) is 66.7 Å². The fourth-order valence-electron chi connectivity index (χ4n) is 3.18. The van der Waals surface area contributed by atoms with Crippen LogP contribution in [0.2, 0.25) is 0 Å². The molecule has 0 saturated heterocycles. The van der Waals surface area contributed by atoms with Crippen LogP contribution in [0.3, 0.4) is 0 Å². The van der Waals surface area contributed by atoms with Gasteiger partial charge in [-0.2, -0.15) is 13.2 Å². The van der Waals surface area contributed by atoms with E-state index in [0.29, 0.717) is 5.56 Å². The molecule has 0 bridgehead atoms. The van der Waals surface area contributed by atoms with Crippen molar-refractivity contribution >= 4 is 22.6 Å². The Labute approximate surface area is 176 Å². The molecule has 0 aliphatic rings. The van der Waals surface area contributed by atoms with Crippen LogP contribution >= 0.6 is 0 Å². The number of halogens is 3. The van der Waals surface area contributed by atoms with Crippen molar-refractivity contribution < 1.29 is 27.9 Å². The lowest BCUT2D eigenvalue weighted by Crippen LogP contribution is -2.49. The van der Waals surface area contributed by atoms with Crippen molar-refractivity contribution in [3.8, 4) is 0 Å². The summed E-state index contributed by atoms with van der Waals surface area (Å²) < 4.78 is 37.8. The van der Waals surface area contributed by atoms with Gasteiger partial charge in [0.15, 0.2) is 0 Å². The molecule has 0 fully saturated rings. The predicted molar refractivity (Wildman–Crippen MR) is 110 cm³/mol. The predicted octanol–water partition coefficient (Wildman–Crippen LogP) is 3.19. The van der Waals surface area contributed by atoms with E-state index in [2.05, 4.69) is 10.6 Å². The Morgan fingerprint density at radius 2 is 1.61 bits per heavy atom. The van der Waals surface area contributed by atoms with E-state index in [4.69, 9.17) is 0 Å². The Bertz CT molecular complexity index is 1060. The number of carbonyl (C=O) groups is 2. The van der Waals surface area contributed by atoms with Gasteiger partial charge in [-0.3, -0.25) is 9.59 Å². The number of carbonyl (C=O) groups excluding carboxylic acids is 2. The van der Waals surface area contributed by atoms with Gasteiger partial charge in [-0.15, -0.1) is 0 Å². The second kappa shape index (κ2) is 9.61. The lowest BCUT2D eigenvalue weighted by molar-refractivity contribution is -0.137. The Hall–Kier alpha value is -3.39. The van der Waals surface area contributed by atoms with Gasteiger partial charge in [-0.1, -0.05) is 54.6 Å². The molecule has 3 rings (SSSR count). The van der Waals surface area contributed by atoms with E-state index in [-0.39, 0.29) is 13.0 Å². The summed E-state index contributed by atoms with van der Waals surface area (Å²) in [5.41, 5.74) is 0.467. The van der Waals surface area contributed by atoms with Crippen molar-refractivity contribution in [3.05, 3.63) is 83.4 Å². The number of alkyl halides is 3. The van der Waals surface area contributed by atoms with E-state index >= 15 is 0 Å². The minimum Gasteiger partial charge on any atom is -0.394 e. The summed E-state index contributed by atoms with van der Waals surface area (Å²) in [6, 6.07) is 16.4. The maximum absolute atomic E-state index is 12.6. The molecule has 3 aromatic rings. The summed E-state index contributed by atoms with van der Waals surface area (Å²) in [7, 11) is 0. The summed E-state index contributed by atoms with van der Waals surface area (Å²) in [6.07, 6.45) is -4.40. The Balaban J connectivity index is 1.57. The largest absolute Gasteiger partial charge is 0.416 e. The van der Waals surface area contributed by atoms with Crippen LogP contribution < -0.4 is 10.6 Å². The van der Waals surface area contributed by atoms with Crippen molar-refractivity contribution in [1.82, 2.24) is 10.6 Å². The van der Waals surface area contributed by atoms with Crippen molar-refractivity contribution in [2.75, 3.05) is 6.61 Å². The molecule has 0 unspecified atom stereocenters. The monoisotopic (exact) mass is 430 g/mol. The molecule has 0 aliphatic heterocycles. The third-order valence-corrected chi connectivity index (χ3v) is 4.81. The Kier molecular flexibility index (Phi) is 6.91. The highest BCUT2D eigenvalue weighted by Crippen LogP contribution is 2.29. The number of fused-ring (bicyclic) bond motifs is 1. The van der Waals surface area contributed by atoms with Crippen molar-refractivity contribution in [2.24, 2.45) is 0 Å². The zero-order valence-corrected chi connectivity index (χ0v) is 16.4. The van der Waals surface area contributed by atoms with E-state index in [1.165, 1.54) is 12.1 Å². The zero-order chi connectivity index (χ0) is 22.4. The lowest BCUT2D eigenvalue weighted by Gasteiger charge is -2.17. The molecule has 3 aromatic carbocycles. The fourth-order valence-corrected chi connectivity index (χ4v) is 3.18. The first-order chi connectivity index (χ1) is 14.8. The minimum atomic E-state index is -4.43. The zero-order valence-electron chi connectivity index (χ0n) is 16.4. The second-order valence-electron chi connectivity index (χ2n) is 7.03. The fraction of sp³-hybridized carbons (Fsp3) is 0.217. The molecule has 0 aliphatic carbocycles. The molecule has 1 atom stereocenters. The topological polar surface area (TPSA) is 78.4 Å². The summed E-state index contributed by atoms with van der Waals surface area (Å²) >= 11 is 0. The number of nitrogens with one attached hydrogen (secondary N) is 2. The van der Waals surface area contributed by atoms with Gasteiger partial charge >= 0.3 is 6.18 Å². The van der Waals surface area contributed by atoms with Gasteiger partial charge in [0.2, 0.25) is 11.8 Å². The van der Waals surface area contributed by atoms with Crippen LogP contribution in [0, 0.1) is 0 Å². The smallest absolute Gasteiger partial charge is 0.394 e. The van der Waals surface area contributed by atoms with Crippen LogP contribution in [0.5, 0.6) is 0 Å². The first kappa shape index (κ1) is 22.3. The maximum atomic E-state index is 12.6. The molecule has 0 heterocycles. The van der Waals surface area contributed by atoms with E-state index in [1.54, 1.807) is 0 Å². The molecule has 0 saturated carbocycles. The molecule has 2 amide bonds. The highest BCUT2D eigenvalue weighted by atomic mass is 19.4. The van der Waals surface area contributed by atoms with Crippen LogP contribution in [-0.2, 0) is 28.7 Å². The molecule has 5 nitrogen and oxygen atoms in total. The number of benzene rings is 3. The molecular weight excluding hydrogens is 409 g/mol. The first-order valence-corrected chi connectivity index (χ1v) is 9.58. The molecule has 0 spiro atoms. The second-order valence-corrected chi connectivity index (χ2v) is 7.03. The minimum absolute atomic E-state index is 0.0318. The summed E-state index contributed by atoms with van der Waals surface area (Å²) in [5, 5.41) is 16.4. The molecule has 162 valence electrons. The van der Waals surface area contributed by atoms with Crippen molar-refractivity contribution in [3.63, 3.8) is 0 Å². The average Bonchev–Trinajstić information content (AvgIpc) is 2.75. The van der Waals surface area contributed by atoms with Crippen LogP contribution in [0.1, 0.15) is 16.7 Å².